The van der Waals surface area contributed by atoms with Crippen LogP contribution in [0.1, 0.15) is 12.8 Å². The molecule has 6 nitrogen and oxygen atoms in total. The van der Waals surface area contributed by atoms with Crippen molar-refractivity contribution in [2.75, 3.05) is 25.5 Å². The van der Waals surface area contributed by atoms with E-state index in [-0.39, 0.29) is 5.75 Å². The Morgan fingerprint density at radius 1 is 1.16 bits per heavy atom. The van der Waals surface area contributed by atoms with Gasteiger partial charge < -0.3 is 15.3 Å². The molecule has 25 heavy (non-hydrogen) atoms. The van der Waals surface area contributed by atoms with Crippen LogP contribution in [0.3, 0.4) is 0 Å². The van der Waals surface area contributed by atoms with Crippen LogP contribution in [0.4, 0.5) is 5.82 Å². The number of rotatable bonds is 3. The third kappa shape index (κ3) is 3.13. The second kappa shape index (κ2) is 6.64. The maximum Gasteiger partial charge on any atom is 0.156 e. The third-order valence-electron chi connectivity index (χ3n) is 4.71. The number of benzene rings is 1. The Balaban J connectivity index is 1.76. The zero-order valence-corrected chi connectivity index (χ0v) is 14.2. The minimum Gasteiger partial charge on any atom is -0.506 e. The molecule has 1 saturated heterocycles. The Kier molecular flexibility index (Phi) is 4.19. The zero-order valence-electron chi connectivity index (χ0n) is 14.2. The van der Waals surface area contributed by atoms with Crippen LogP contribution < -0.4 is 5.32 Å². The number of pyridine rings is 1. The molecule has 4 rings (SSSR count). The third-order valence-corrected chi connectivity index (χ3v) is 4.71. The highest BCUT2D eigenvalue weighted by Gasteiger charge is 2.19. The Morgan fingerprint density at radius 3 is 2.80 bits per heavy atom. The molecule has 0 spiro atoms. The number of anilines is 1. The van der Waals surface area contributed by atoms with Gasteiger partial charge in [0.05, 0.1) is 6.20 Å². The fraction of sp³-hybridized carbons (Fsp3) is 0.316. The molecule has 0 saturated carbocycles. The normalized spacial score (nSPS) is 18.4. The van der Waals surface area contributed by atoms with E-state index in [1.54, 1.807) is 12.3 Å². The van der Waals surface area contributed by atoms with Crippen molar-refractivity contribution >= 4 is 16.6 Å². The molecule has 1 aliphatic rings. The van der Waals surface area contributed by atoms with Crippen LogP contribution in [-0.4, -0.2) is 51.4 Å². The first kappa shape index (κ1) is 15.8. The highest BCUT2D eigenvalue weighted by Crippen LogP contribution is 2.34. The van der Waals surface area contributed by atoms with Gasteiger partial charge in [-0.2, -0.15) is 0 Å². The first-order chi connectivity index (χ1) is 12.2. The van der Waals surface area contributed by atoms with E-state index in [1.807, 2.05) is 24.3 Å². The second-order valence-electron chi connectivity index (χ2n) is 6.58. The molecule has 3 aromatic rings. The van der Waals surface area contributed by atoms with E-state index < -0.39 is 0 Å². The van der Waals surface area contributed by atoms with Crippen molar-refractivity contribution in [2.45, 2.75) is 18.9 Å². The first-order valence-electron chi connectivity index (χ1n) is 8.56. The van der Waals surface area contributed by atoms with E-state index in [4.69, 9.17) is 0 Å². The number of piperidine rings is 1. The Labute approximate surface area is 146 Å². The molecule has 1 unspecified atom stereocenters. The Morgan fingerprint density at radius 2 is 2.00 bits per heavy atom. The van der Waals surface area contributed by atoms with Crippen LogP contribution in [-0.2, 0) is 0 Å². The summed E-state index contributed by atoms with van der Waals surface area (Å²) in [6, 6.07) is 10.2. The summed E-state index contributed by atoms with van der Waals surface area (Å²) >= 11 is 0. The molecule has 1 atom stereocenters. The number of likely N-dealkylation sites (N-methyl/N-ethyl adjacent to an activating group) is 1. The molecule has 2 N–H and O–H groups in total. The van der Waals surface area contributed by atoms with Crippen molar-refractivity contribution in [3.05, 3.63) is 42.7 Å². The molecule has 1 aromatic carbocycles. The molecule has 3 heterocycles. The van der Waals surface area contributed by atoms with Gasteiger partial charge in [-0.15, -0.1) is 10.2 Å². The maximum absolute atomic E-state index is 10.1. The second-order valence-corrected chi connectivity index (χ2v) is 6.58. The van der Waals surface area contributed by atoms with Crippen molar-refractivity contribution < 1.29 is 5.11 Å². The van der Waals surface area contributed by atoms with E-state index >= 15 is 0 Å². The lowest BCUT2D eigenvalue weighted by Crippen LogP contribution is -2.40. The van der Waals surface area contributed by atoms with Crippen molar-refractivity contribution in [3.63, 3.8) is 0 Å². The molecule has 0 bridgehead atoms. The van der Waals surface area contributed by atoms with Crippen LogP contribution in [0, 0.1) is 0 Å². The van der Waals surface area contributed by atoms with Gasteiger partial charge in [-0.25, -0.2) is 0 Å². The average molecular weight is 335 g/mol. The number of aromatic nitrogens is 3. The first-order valence-corrected chi connectivity index (χ1v) is 8.56. The SMILES string of the molecule is CN1CCCC(Nc2nnc(-c3ccncc3O)c3ccccc23)C1. The monoisotopic (exact) mass is 335 g/mol. The number of nitrogens with one attached hydrogen (secondary N) is 1. The molecule has 1 fully saturated rings. The van der Waals surface area contributed by atoms with Crippen molar-refractivity contribution in [1.82, 2.24) is 20.1 Å². The predicted octanol–water partition coefficient (Wildman–Crippen LogP) is 2.90. The number of aromatic hydroxyl groups is 1. The molecule has 1 aliphatic heterocycles. The summed E-state index contributed by atoms with van der Waals surface area (Å²) < 4.78 is 0. The van der Waals surface area contributed by atoms with Gasteiger partial charge in [0.2, 0.25) is 0 Å². The van der Waals surface area contributed by atoms with Crippen molar-refractivity contribution in [2.24, 2.45) is 0 Å². The van der Waals surface area contributed by atoms with Crippen LogP contribution in [0.25, 0.3) is 22.0 Å². The van der Waals surface area contributed by atoms with E-state index in [9.17, 15) is 5.11 Å². The van der Waals surface area contributed by atoms with Crippen LogP contribution >= 0.6 is 0 Å². The number of fused-ring (bicyclic) bond motifs is 1. The maximum atomic E-state index is 10.1. The van der Waals surface area contributed by atoms with Gasteiger partial charge in [-0.05, 0) is 32.5 Å². The summed E-state index contributed by atoms with van der Waals surface area (Å²) in [7, 11) is 2.15. The smallest absolute Gasteiger partial charge is 0.156 e. The fourth-order valence-electron chi connectivity index (χ4n) is 3.47. The van der Waals surface area contributed by atoms with E-state index in [0.29, 0.717) is 17.3 Å². The van der Waals surface area contributed by atoms with E-state index in [0.717, 1.165) is 36.1 Å². The quantitative estimate of drug-likeness (QED) is 0.767. The van der Waals surface area contributed by atoms with Gasteiger partial charge in [0.15, 0.2) is 5.82 Å². The summed E-state index contributed by atoms with van der Waals surface area (Å²) in [5, 5.41) is 24.5. The Bertz CT molecular complexity index is 898. The van der Waals surface area contributed by atoms with Crippen LogP contribution in [0.2, 0.25) is 0 Å². The summed E-state index contributed by atoms with van der Waals surface area (Å²) in [4.78, 5) is 6.27. The minimum atomic E-state index is 0.108. The molecular weight excluding hydrogens is 314 g/mol. The van der Waals surface area contributed by atoms with Gasteiger partial charge in [0.25, 0.3) is 0 Å². The van der Waals surface area contributed by atoms with Crippen molar-refractivity contribution in [3.8, 4) is 17.0 Å². The average Bonchev–Trinajstić information content (AvgIpc) is 2.63. The lowest BCUT2D eigenvalue weighted by molar-refractivity contribution is 0.261. The van der Waals surface area contributed by atoms with Crippen LogP contribution in [0.15, 0.2) is 42.7 Å². The van der Waals surface area contributed by atoms with Gasteiger partial charge in [0.1, 0.15) is 11.4 Å². The molecule has 0 aliphatic carbocycles. The van der Waals surface area contributed by atoms with Gasteiger partial charge >= 0.3 is 0 Å². The summed E-state index contributed by atoms with van der Waals surface area (Å²) in [5.74, 6) is 0.907. The molecule has 6 heteroatoms. The fourth-order valence-corrected chi connectivity index (χ4v) is 3.47. The molecule has 0 radical (unpaired) electrons. The van der Waals surface area contributed by atoms with Crippen molar-refractivity contribution in [1.29, 1.82) is 0 Å². The molecular formula is C19H21N5O. The minimum absolute atomic E-state index is 0.108. The topological polar surface area (TPSA) is 74.2 Å². The summed E-state index contributed by atoms with van der Waals surface area (Å²) in [6.07, 6.45) is 5.39. The predicted molar refractivity (Wildman–Crippen MR) is 98.6 cm³/mol. The lowest BCUT2D eigenvalue weighted by atomic mass is 10.0. The van der Waals surface area contributed by atoms with Crippen LogP contribution in [0.5, 0.6) is 5.75 Å². The van der Waals surface area contributed by atoms with E-state index in [1.165, 1.54) is 12.6 Å². The van der Waals surface area contributed by atoms with Gasteiger partial charge in [-0.1, -0.05) is 24.3 Å². The summed E-state index contributed by atoms with van der Waals surface area (Å²) in [6.45, 7) is 2.15. The largest absolute Gasteiger partial charge is 0.506 e. The van der Waals surface area contributed by atoms with Gasteiger partial charge in [-0.3, -0.25) is 4.98 Å². The molecule has 2 aromatic heterocycles. The number of hydrogen-bond donors (Lipinski definition) is 2. The van der Waals surface area contributed by atoms with Gasteiger partial charge in [0, 0.05) is 35.1 Å². The van der Waals surface area contributed by atoms with E-state index in [2.05, 4.69) is 32.4 Å². The highest BCUT2D eigenvalue weighted by atomic mass is 16.3. The summed E-state index contributed by atoms with van der Waals surface area (Å²) in [5.41, 5.74) is 1.31. The lowest BCUT2D eigenvalue weighted by Gasteiger charge is -2.30. The highest BCUT2D eigenvalue weighted by molar-refractivity contribution is 6.00. The number of nitrogens with zero attached hydrogens (tertiary/aromatic N) is 4. The standard InChI is InChI=1S/C19H21N5O/c1-24-10-4-5-13(12-24)21-19-15-7-3-2-6-14(15)18(22-23-19)16-8-9-20-11-17(16)25/h2-3,6-9,11,13,25H,4-5,10,12H2,1H3,(H,21,23). The Hall–Kier alpha value is -2.73. The number of hydrogen-bond acceptors (Lipinski definition) is 6. The molecule has 128 valence electrons. The molecule has 0 amide bonds. The number of likely N-dealkylation sites (tertiary alicyclic amines) is 1. The zero-order chi connectivity index (χ0) is 17.2.